The lowest BCUT2D eigenvalue weighted by Crippen LogP contribution is -2.30. The van der Waals surface area contributed by atoms with Gasteiger partial charge in [0.25, 0.3) is 0 Å². The predicted molar refractivity (Wildman–Crippen MR) is 117 cm³/mol. The number of hydrogen-bond donors (Lipinski definition) is 2. The average molecular weight is 424 g/mol. The van der Waals surface area contributed by atoms with Crippen LogP contribution in [0.1, 0.15) is 19.0 Å². The Hall–Kier alpha value is -3.55. The zero-order valence-corrected chi connectivity index (χ0v) is 17.4. The summed E-state index contributed by atoms with van der Waals surface area (Å²) < 4.78 is 30.0. The molecule has 0 spiro atoms. The number of ether oxygens (including phenoxy) is 2. The molecule has 4 rings (SSSR count). The first kappa shape index (κ1) is 20.7. The van der Waals surface area contributed by atoms with Crippen molar-refractivity contribution in [3.8, 4) is 23.0 Å². The first-order valence-corrected chi connectivity index (χ1v) is 10.4. The number of halogens is 1. The van der Waals surface area contributed by atoms with Gasteiger partial charge in [-0.25, -0.2) is 9.37 Å². The summed E-state index contributed by atoms with van der Waals surface area (Å²) in [6.45, 7) is 4.57. The maximum atomic E-state index is 13.1. The van der Waals surface area contributed by atoms with E-state index in [2.05, 4.69) is 20.6 Å². The minimum absolute atomic E-state index is 0.290. The van der Waals surface area contributed by atoms with Crippen LogP contribution in [0.15, 0.2) is 58.1 Å². The van der Waals surface area contributed by atoms with Crippen LogP contribution in [0, 0.1) is 5.82 Å². The molecule has 1 aliphatic rings. The highest BCUT2D eigenvalue weighted by Crippen LogP contribution is 2.32. The van der Waals surface area contributed by atoms with Gasteiger partial charge in [0.2, 0.25) is 5.89 Å². The molecule has 162 valence electrons. The largest absolute Gasteiger partial charge is 0.490 e. The summed E-state index contributed by atoms with van der Waals surface area (Å²) in [7, 11) is 0. The number of oxazole rings is 1. The molecule has 8 heteroatoms. The van der Waals surface area contributed by atoms with Gasteiger partial charge in [-0.05, 0) is 43.3 Å². The Morgan fingerprint density at radius 2 is 1.90 bits per heavy atom. The second kappa shape index (κ2) is 9.97. The average Bonchev–Trinajstić information content (AvgIpc) is 3.11. The van der Waals surface area contributed by atoms with Gasteiger partial charge in [0.15, 0.2) is 17.5 Å². The zero-order valence-electron chi connectivity index (χ0n) is 17.4. The van der Waals surface area contributed by atoms with E-state index in [0.29, 0.717) is 38.0 Å². The summed E-state index contributed by atoms with van der Waals surface area (Å²) >= 11 is 0. The van der Waals surface area contributed by atoms with Gasteiger partial charge in [-0.1, -0.05) is 0 Å². The summed E-state index contributed by atoms with van der Waals surface area (Å²) in [5, 5.41) is 6.53. The van der Waals surface area contributed by atoms with Crippen molar-refractivity contribution in [1.29, 1.82) is 0 Å². The van der Waals surface area contributed by atoms with E-state index >= 15 is 0 Å². The molecule has 0 fully saturated rings. The van der Waals surface area contributed by atoms with Crippen LogP contribution in [0.3, 0.4) is 0 Å². The highest BCUT2D eigenvalue weighted by molar-refractivity contribution is 5.93. The summed E-state index contributed by atoms with van der Waals surface area (Å²) in [4.78, 5) is 9.08. The van der Waals surface area contributed by atoms with Crippen molar-refractivity contribution >= 4 is 11.6 Å². The van der Waals surface area contributed by atoms with Crippen molar-refractivity contribution in [2.45, 2.75) is 19.8 Å². The van der Waals surface area contributed by atoms with E-state index in [4.69, 9.17) is 13.9 Å². The molecule has 0 saturated carbocycles. The van der Waals surface area contributed by atoms with Crippen molar-refractivity contribution in [1.82, 2.24) is 10.3 Å². The minimum atomic E-state index is -0.290. The van der Waals surface area contributed by atoms with Crippen LogP contribution in [-0.2, 0) is 6.42 Å². The minimum Gasteiger partial charge on any atom is -0.490 e. The van der Waals surface area contributed by atoms with Crippen LogP contribution in [0.4, 0.5) is 10.1 Å². The lowest BCUT2D eigenvalue weighted by molar-refractivity contribution is 0.297. The molecule has 31 heavy (non-hydrogen) atoms. The van der Waals surface area contributed by atoms with Crippen LogP contribution < -0.4 is 20.1 Å². The van der Waals surface area contributed by atoms with Crippen LogP contribution in [-0.4, -0.2) is 37.2 Å². The van der Waals surface area contributed by atoms with E-state index in [0.717, 1.165) is 41.4 Å². The summed E-state index contributed by atoms with van der Waals surface area (Å²) in [6.07, 6.45) is 3.09. The van der Waals surface area contributed by atoms with Crippen molar-refractivity contribution < 1.29 is 18.3 Å². The molecule has 0 atom stereocenters. The fourth-order valence-electron chi connectivity index (χ4n) is 3.11. The molecule has 0 bridgehead atoms. The molecule has 0 unspecified atom stereocenters. The summed E-state index contributed by atoms with van der Waals surface area (Å²) in [5.41, 5.74) is 2.39. The van der Waals surface area contributed by atoms with Gasteiger partial charge in [0, 0.05) is 43.2 Å². The van der Waals surface area contributed by atoms with Gasteiger partial charge in [0.1, 0.15) is 12.1 Å². The number of benzene rings is 2. The molecule has 0 saturated heterocycles. The Labute approximate surface area is 180 Å². The number of aromatic nitrogens is 1. The predicted octanol–water partition coefficient (Wildman–Crippen LogP) is 4.26. The molecular formula is C23H25FN4O3. The number of guanidine groups is 1. The number of nitrogens with one attached hydrogen (secondary N) is 2. The molecular weight excluding hydrogens is 399 g/mol. The van der Waals surface area contributed by atoms with Crippen LogP contribution in [0.25, 0.3) is 11.5 Å². The van der Waals surface area contributed by atoms with Crippen LogP contribution in [0.5, 0.6) is 11.5 Å². The van der Waals surface area contributed by atoms with Crippen molar-refractivity contribution in [3.63, 3.8) is 0 Å². The van der Waals surface area contributed by atoms with E-state index in [9.17, 15) is 4.39 Å². The van der Waals surface area contributed by atoms with E-state index in [1.807, 2.05) is 25.1 Å². The Balaban J connectivity index is 1.38. The molecule has 0 radical (unpaired) electrons. The fraction of sp³-hybridized carbons (Fsp3) is 0.304. The first-order chi connectivity index (χ1) is 15.2. The van der Waals surface area contributed by atoms with Crippen LogP contribution >= 0.6 is 0 Å². The molecule has 1 aromatic heterocycles. The molecule has 1 aliphatic heterocycles. The third kappa shape index (κ3) is 5.53. The fourth-order valence-corrected chi connectivity index (χ4v) is 3.11. The highest BCUT2D eigenvalue weighted by atomic mass is 19.1. The number of hydrogen-bond acceptors (Lipinski definition) is 5. The van der Waals surface area contributed by atoms with Gasteiger partial charge in [0.05, 0.1) is 18.9 Å². The van der Waals surface area contributed by atoms with Crippen molar-refractivity contribution in [2.75, 3.05) is 31.6 Å². The van der Waals surface area contributed by atoms with Gasteiger partial charge in [-0.3, -0.25) is 4.99 Å². The Morgan fingerprint density at radius 1 is 1.10 bits per heavy atom. The molecule has 7 nitrogen and oxygen atoms in total. The highest BCUT2D eigenvalue weighted by Gasteiger charge is 2.11. The quantitative estimate of drug-likeness (QED) is 0.455. The number of anilines is 1. The number of rotatable bonds is 6. The van der Waals surface area contributed by atoms with Gasteiger partial charge in [-0.15, -0.1) is 0 Å². The molecule has 0 aliphatic carbocycles. The second-order valence-electron chi connectivity index (χ2n) is 7.00. The molecule has 2 N–H and O–H groups in total. The zero-order chi connectivity index (χ0) is 21.5. The van der Waals surface area contributed by atoms with Crippen molar-refractivity contribution in [2.24, 2.45) is 4.99 Å². The smallest absolute Gasteiger partial charge is 0.226 e. The standard InChI is InChI=1S/C23H25FN4O3/c1-2-25-23(28-18-8-9-20-21(14-18)30-13-3-12-29-20)26-11-10-19-15-31-22(27-19)16-4-6-17(24)7-5-16/h4-9,14-15H,2-3,10-13H2,1H3,(H2,25,26,28). The molecule has 3 aromatic rings. The topological polar surface area (TPSA) is 80.9 Å². The number of nitrogens with zero attached hydrogens (tertiary/aromatic N) is 2. The lowest BCUT2D eigenvalue weighted by Gasteiger charge is -2.13. The molecule has 2 aromatic carbocycles. The number of fused-ring (bicyclic) bond motifs is 1. The first-order valence-electron chi connectivity index (χ1n) is 10.4. The van der Waals surface area contributed by atoms with E-state index in [1.54, 1.807) is 18.4 Å². The van der Waals surface area contributed by atoms with Gasteiger partial charge >= 0.3 is 0 Å². The van der Waals surface area contributed by atoms with Gasteiger partial charge < -0.3 is 24.5 Å². The third-order valence-electron chi connectivity index (χ3n) is 4.64. The van der Waals surface area contributed by atoms with E-state index < -0.39 is 0 Å². The third-order valence-corrected chi connectivity index (χ3v) is 4.64. The summed E-state index contributed by atoms with van der Waals surface area (Å²) in [6, 6.07) is 11.8. The van der Waals surface area contributed by atoms with Crippen molar-refractivity contribution in [3.05, 3.63) is 60.2 Å². The molecule has 2 heterocycles. The Bertz CT molecular complexity index is 1030. The van der Waals surface area contributed by atoms with Gasteiger partial charge in [-0.2, -0.15) is 0 Å². The Kier molecular flexibility index (Phi) is 6.66. The molecule has 0 amide bonds. The SMILES string of the molecule is CCNC(=NCCc1coc(-c2ccc(F)cc2)n1)Nc1ccc2c(c1)OCCCO2. The Morgan fingerprint density at radius 3 is 2.71 bits per heavy atom. The number of aliphatic imine (C=N–C) groups is 1. The van der Waals surface area contributed by atoms with Crippen LogP contribution in [0.2, 0.25) is 0 Å². The summed E-state index contributed by atoms with van der Waals surface area (Å²) in [5.74, 6) is 2.33. The second-order valence-corrected chi connectivity index (χ2v) is 7.00. The normalized spacial score (nSPS) is 13.5. The lowest BCUT2D eigenvalue weighted by atomic mass is 10.2. The van der Waals surface area contributed by atoms with E-state index in [-0.39, 0.29) is 5.82 Å². The van der Waals surface area contributed by atoms with E-state index in [1.165, 1.54) is 12.1 Å². The maximum absolute atomic E-state index is 13.1. The monoisotopic (exact) mass is 424 g/mol. The maximum Gasteiger partial charge on any atom is 0.226 e.